The van der Waals surface area contributed by atoms with Crippen LogP contribution in [0.4, 0.5) is 0 Å². The van der Waals surface area contributed by atoms with Gasteiger partial charge in [0.1, 0.15) is 54.9 Å². The standard InChI is InChI=1S/C35H42N2O10/c1-36-13-10-21(11-14-36)37-24-16-19(4-8-26-30(40)34(44)32(42)28(46-26)12-15-38)2-6-22(24)23-7-3-20(17-25(23)37)5-9-27-31(41)35(45)33(43)29(18-39)47-27/h2-3,6-7,16-17,21,26-35,38-45H,10-15,18H2,1H3/t26-,27-,28-,29-,30-,31-,32-,33-,34-,35-/m1/s1. The Bertz CT molecular complexity index is 1690. The zero-order valence-corrected chi connectivity index (χ0v) is 26.1. The van der Waals surface area contributed by atoms with E-state index in [1.807, 2.05) is 36.4 Å². The highest BCUT2D eigenvalue weighted by Gasteiger charge is 2.43. The molecule has 12 heteroatoms. The molecule has 3 saturated heterocycles. The lowest BCUT2D eigenvalue weighted by atomic mass is 9.93. The van der Waals surface area contributed by atoms with Crippen LogP contribution in [0.3, 0.4) is 0 Å². The summed E-state index contributed by atoms with van der Waals surface area (Å²) < 4.78 is 13.6. The lowest BCUT2D eigenvalue weighted by molar-refractivity contribution is -0.214. The largest absolute Gasteiger partial charge is 0.396 e. The van der Waals surface area contributed by atoms with E-state index in [1.165, 1.54) is 0 Å². The van der Waals surface area contributed by atoms with Gasteiger partial charge in [-0.3, -0.25) is 0 Å². The van der Waals surface area contributed by atoms with E-state index in [0.717, 1.165) is 47.7 Å². The van der Waals surface area contributed by atoms with Crippen LogP contribution in [-0.2, 0) is 9.47 Å². The SMILES string of the molecule is CN1CCC(n2c3cc(C#C[C@H]4O[C@H](CO)[C@@H](O)[C@H](O)[C@@H]4O)ccc3c3ccc(C#C[C@H]4O[C@H](CCO)[C@@H](O)[C@H](O)[C@@H]4O)cc32)CC1. The maximum Gasteiger partial charge on any atom is 0.147 e. The maximum atomic E-state index is 10.5. The zero-order valence-electron chi connectivity index (χ0n) is 26.1. The fraction of sp³-hybridized carbons (Fsp3) is 0.543. The molecule has 47 heavy (non-hydrogen) atoms. The van der Waals surface area contributed by atoms with Crippen LogP contribution in [0.5, 0.6) is 0 Å². The number of aliphatic hydroxyl groups excluding tert-OH is 8. The zero-order chi connectivity index (χ0) is 33.4. The Kier molecular flexibility index (Phi) is 10.2. The molecule has 1 aromatic heterocycles. The summed E-state index contributed by atoms with van der Waals surface area (Å²) in [4.78, 5) is 2.30. The van der Waals surface area contributed by atoms with Crippen LogP contribution in [0, 0.1) is 23.7 Å². The molecule has 0 spiro atoms. The van der Waals surface area contributed by atoms with E-state index in [2.05, 4.69) is 40.2 Å². The number of piperidine rings is 1. The molecule has 6 rings (SSSR count). The molecule has 12 nitrogen and oxygen atoms in total. The Morgan fingerprint density at radius 3 is 1.66 bits per heavy atom. The third-order valence-corrected chi connectivity index (χ3v) is 9.59. The number of ether oxygens (including phenoxy) is 2. The van der Waals surface area contributed by atoms with Crippen molar-refractivity contribution in [2.45, 2.75) is 86.3 Å². The number of hydrogen-bond donors (Lipinski definition) is 8. The first-order chi connectivity index (χ1) is 22.6. The molecule has 0 aliphatic carbocycles. The van der Waals surface area contributed by atoms with E-state index >= 15 is 0 Å². The lowest BCUT2D eigenvalue weighted by Crippen LogP contribution is -2.58. The summed E-state index contributed by atoms with van der Waals surface area (Å²) in [5.74, 6) is 11.9. The Morgan fingerprint density at radius 2 is 1.17 bits per heavy atom. The van der Waals surface area contributed by atoms with E-state index in [-0.39, 0.29) is 19.1 Å². The molecule has 0 saturated carbocycles. The number of aliphatic hydroxyl groups is 8. The molecule has 3 aliphatic rings. The van der Waals surface area contributed by atoms with Crippen molar-refractivity contribution in [3.63, 3.8) is 0 Å². The van der Waals surface area contributed by atoms with E-state index in [0.29, 0.717) is 11.1 Å². The van der Waals surface area contributed by atoms with Gasteiger partial charge in [-0.15, -0.1) is 0 Å². The van der Waals surface area contributed by atoms with Crippen molar-refractivity contribution in [2.75, 3.05) is 33.4 Å². The molecule has 252 valence electrons. The van der Waals surface area contributed by atoms with E-state index < -0.39 is 67.6 Å². The summed E-state index contributed by atoms with van der Waals surface area (Å²) in [6.45, 7) is 1.09. The average molecular weight is 651 g/mol. The van der Waals surface area contributed by atoms with Gasteiger partial charge in [0.05, 0.1) is 23.7 Å². The molecule has 2 aromatic carbocycles. The number of nitrogens with zero attached hydrogens (tertiary/aromatic N) is 2. The van der Waals surface area contributed by atoms with Crippen LogP contribution in [0.1, 0.15) is 36.4 Å². The molecule has 3 fully saturated rings. The number of hydrogen-bond acceptors (Lipinski definition) is 11. The van der Waals surface area contributed by atoms with E-state index in [4.69, 9.17) is 9.47 Å². The third-order valence-electron chi connectivity index (χ3n) is 9.59. The second kappa shape index (κ2) is 14.2. The van der Waals surface area contributed by atoms with Crippen molar-refractivity contribution in [1.82, 2.24) is 9.47 Å². The highest BCUT2D eigenvalue weighted by molar-refractivity contribution is 6.08. The summed E-state index contributed by atoms with van der Waals surface area (Å²) >= 11 is 0. The van der Waals surface area contributed by atoms with Gasteiger partial charge in [-0.1, -0.05) is 35.8 Å². The highest BCUT2D eigenvalue weighted by atomic mass is 16.5. The number of fused-ring (bicyclic) bond motifs is 3. The smallest absolute Gasteiger partial charge is 0.147 e. The predicted octanol–water partition coefficient (Wildman–Crippen LogP) is -1.16. The van der Waals surface area contributed by atoms with Crippen LogP contribution < -0.4 is 0 Å². The molecule has 10 atom stereocenters. The van der Waals surface area contributed by atoms with Gasteiger partial charge in [0, 0.05) is 34.5 Å². The quantitative estimate of drug-likeness (QED) is 0.159. The van der Waals surface area contributed by atoms with Crippen LogP contribution in [0.15, 0.2) is 36.4 Å². The van der Waals surface area contributed by atoms with Crippen molar-refractivity contribution in [3.05, 3.63) is 47.5 Å². The monoisotopic (exact) mass is 650 g/mol. The maximum absolute atomic E-state index is 10.5. The normalized spacial score (nSPS) is 33.7. The molecule has 0 amide bonds. The first kappa shape index (κ1) is 33.8. The van der Waals surface area contributed by atoms with Gasteiger partial charge in [-0.25, -0.2) is 0 Å². The van der Waals surface area contributed by atoms with Crippen LogP contribution in [0.25, 0.3) is 21.8 Å². The minimum Gasteiger partial charge on any atom is -0.396 e. The van der Waals surface area contributed by atoms with Gasteiger partial charge < -0.3 is 59.8 Å². The van der Waals surface area contributed by atoms with Crippen LogP contribution >= 0.6 is 0 Å². The topological polar surface area (TPSA) is 188 Å². The van der Waals surface area contributed by atoms with Crippen molar-refractivity contribution >= 4 is 21.8 Å². The Hall–Kier alpha value is -3.08. The second-order valence-electron chi connectivity index (χ2n) is 12.7. The van der Waals surface area contributed by atoms with Gasteiger partial charge in [0.25, 0.3) is 0 Å². The molecule has 0 radical (unpaired) electrons. The van der Waals surface area contributed by atoms with Crippen LogP contribution in [-0.4, -0.2) is 145 Å². The molecule has 0 unspecified atom stereocenters. The van der Waals surface area contributed by atoms with Gasteiger partial charge in [-0.05, 0) is 63.7 Å². The summed E-state index contributed by atoms with van der Waals surface area (Å²) in [5, 5.41) is 82.6. The Morgan fingerprint density at radius 1 is 0.681 bits per heavy atom. The number of aromatic nitrogens is 1. The number of likely N-dealkylation sites (tertiary alicyclic amines) is 1. The summed E-state index contributed by atoms with van der Waals surface area (Å²) in [6.07, 6.45) is -10.7. The minimum absolute atomic E-state index is 0.0979. The molecule has 8 N–H and O–H groups in total. The third kappa shape index (κ3) is 6.65. The van der Waals surface area contributed by atoms with E-state index in [9.17, 15) is 40.9 Å². The Labute approximate surface area is 272 Å². The predicted molar refractivity (Wildman–Crippen MR) is 171 cm³/mol. The number of rotatable bonds is 4. The molecular formula is C35H42N2O10. The van der Waals surface area contributed by atoms with Crippen molar-refractivity contribution < 1.29 is 50.3 Å². The fourth-order valence-electron chi connectivity index (χ4n) is 6.81. The fourth-order valence-corrected chi connectivity index (χ4v) is 6.81. The van der Waals surface area contributed by atoms with Gasteiger partial charge in [-0.2, -0.15) is 0 Å². The van der Waals surface area contributed by atoms with Crippen molar-refractivity contribution in [2.24, 2.45) is 0 Å². The van der Waals surface area contributed by atoms with Crippen molar-refractivity contribution in [1.29, 1.82) is 0 Å². The molecule has 3 aromatic rings. The summed E-state index contributed by atoms with van der Waals surface area (Å²) in [5.41, 5.74) is 3.27. The highest BCUT2D eigenvalue weighted by Crippen LogP contribution is 2.36. The second-order valence-corrected chi connectivity index (χ2v) is 12.7. The first-order valence-electron chi connectivity index (χ1n) is 16.0. The van der Waals surface area contributed by atoms with Crippen LogP contribution in [0.2, 0.25) is 0 Å². The molecular weight excluding hydrogens is 608 g/mol. The van der Waals surface area contributed by atoms with Gasteiger partial charge in [0.2, 0.25) is 0 Å². The first-order valence-corrected chi connectivity index (χ1v) is 16.0. The summed E-state index contributed by atoms with van der Waals surface area (Å²) in [6, 6.07) is 11.9. The lowest BCUT2D eigenvalue weighted by Gasteiger charge is -2.38. The molecule has 0 bridgehead atoms. The number of benzene rings is 2. The van der Waals surface area contributed by atoms with E-state index in [1.54, 1.807) is 0 Å². The van der Waals surface area contributed by atoms with Gasteiger partial charge in [0.15, 0.2) is 0 Å². The van der Waals surface area contributed by atoms with Gasteiger partial charge >= 0.3 is 0 Å². The average Bonchev–Trinajstić information content (AvgIpc) is 3.39. The Balaban J connectivity index is 1.37. The summed E-state index contributed by atoms with van der Waals surface area (Å²) in [7, 11) is 2.10. The molecule has 3 aliphatic heterocycles. The minimum atomic E-state index is -1.50. The molecule has 4 heterocycles. The van der Waals surface area contributed by atoms with Crippen molar-refractivity contribution in [3.8, 4) is 23.7 Å².